The number of aryl methyl sites for hydroxylation is 1. The van der Waals surface area contributed by atoms with E-state index >= 15 is 0 Å². The molecule has 3 heterocycles. The van der Waals surface area contributed by atoms with E-state index in [1.165, 1.54) is 24.3 Å². The van der Waals surface area contributed by atoms with Gasteiger partial charge in [-0.05, 0) is 36.8 Å². The Morgan fingerprint density at radius 1 is 1.08 bits per heavy atom. The van der Waals surface area contributed by atoms with E-state index in [0.29, 0.717) is 22.4 Å². The van der Waals surface area contributed by atoms with E-state index in [4.69, 9.17) is 4.74 Å². The number of nitrogens with one attached hydrogen (secondary N) is 1. The smallest absolute Gasteiger partial charge is 0.324 e. The monoisotopic (exact) mass is 517 g/mol. The molecule has 2 fully saturated rings. The van der Waals surface area contributed by atoms with E-state index in [9.17, 15) is 23.6 Å². The number of imide groups is 1. The summed E-state index contributed by atoms with van der Waals surface area (Å²) in [5.74, 6) is -2.05. The lowest BCUT2D eigenvalue weighted by molar-refractivity contribution is -0.141. The Labute approximate surface area is 217 Å². The number of aromatic nitrogens is 3. The van der Waals surface area contributed by atoms with Gasteiger partial charge in [0, 0.05) is 48.7 Å². The van der Waals surface area contributed by atoms with Crippen molar-refractivity contribution in [2.45, 2.75) is 25.7 Å². The molecule has 1 N–H and O–H groups in total. The van der Waals surface area contributed by atoms with Gasteiger partial charge in [-0.15, -0.1) is 0 Å². The summed E-state index contributed by atoms with van der Waals surface area (Å²) in [6.45, 7) is 2.15. The van der Waals surface area contributed by atoms with Crippen molar-refractivity contribution in [1.29, 1.82) is 0 Å². The van der Waals surface area contributed by atoms with E-state index in [1.54, 1.807) is 31.2 Å². The number of ether oxygens (including phenoxy) is 1. The van der Waals surface area contributed by atoms with E-state index in [1.807, 2.05) is 0 Å². The molecule has 1 aromatic carbocycles. The number of rotatable bonds is 4. The van der Waals surface area contributed by atoms with Crippen LogP contribution in [-0.2, 0) is 9.59 Å². The third-order valence-electron chi connectivity index (χ3n) is 6.94. The highest BCUT2D eigenvalue weighted by atomic mass is 19.1. The van der Waals surface area contributed by atoms with Crippen molar-refractivity contribution in [3.8, 4) is 17.1 Å². The average Bonchev–Trinajstić information content (AvgIpc) is 2.88. The number of likely N-dealkylation sites (tertiary alicyclic amines) is 1. The molecule has 10 nitrogen and oxygen atoms in total. The van der Waals surface area contributed by atoms with Crippen molar-refractivity contribution >= 4 is 23.5 Å². The molecule has 0 bridgehead atoms. The van der Waals surface area contributed by atoms with Crippen LogP contribution in [0.4, 0.5) is 9.18 Å². The number of carbonyl (C=O) groups is 4. The van der Waals surface area contributed by atoms with Crippen LogP contribution in [0, 0.1) is 18.2 Å². The lowest BCUT2D eigenvalue weighted by Crippen LogP contribution is -2.64. The lowest BCUT2D eigenvalue weighted by atomic mass is 9.63. The van der Waals surface area contributed by atoms with Gasteiger partial charge in [0.2, 0.25) is 0 Å². The molecule has 194 valence electrons. The summed E-state index contributed by atoms with van der Waals surface area (Å²) in [6.07, 6.45) is 3.80. The summed E-state index contributed by atoms with van der Waals surface area (Å²) in [5, 5.41) is 2.29. The Hall–Kier alpha value is -4.54. The summed E-state index contributed by atoms with van der Waals surface area (Å²) in [6, 6.07) is 7.58. The minimum atomic E-state index is -0.993. The first-order valence-electron chi connectivity index (χ1n) is 11.9. The first-order chi connectivity index (χ1) is 18.2. The van der Waals surface area contributed by atoms with Gasteiger partial charge in [0.1, 0.15) is 28.9 Å². The predicted molar refractivity (Wildman–Crippen MR) is 132 cm³/mol. The molecule has 1 spiro atoms. The second kappa shape index (κ2) is 9.73. The van der Waals surface area contributed by atoms with Crippen LogP contribution in [-0.4, -0.2) is 63.6 Å². The fourth-order valence-electron chi connectivity index (χ4n) is 5.27. The van der Waals surface area contributed by atoms with Gasteiger partial charge >= 0.3 is 6.03 Å². The summed E-state index contributed by atoms with van der Waals surface area (Å²) in [7, 11) is 1.45. The molecule has 1 aliphatic carbocycles. The standard InChI is InChI=1S/C27H24FN5O5/c1-15-7-16(24-30-11-17(28)12-31-24)8-21(38-2)22(15)23-19(34)9-27(10-20(23)35)13-33(14-27)26(37)32-25(36)18-5-3-4-6-29-18/h3-8,11-12,23H,9-10,13-14H2,1-2H3,(H,32,36,37). The molecule has 1 saturated carbocycles. The highest BCUT2D eigenvalue weighted by Crippen LogP contribution is 2.47. The number of ketones is 2. The first kappa shape index (κ1) is 25.1. The van der Waals surface area contributed by atoms with E-state index < -0.39 is 29.1 Å². The van der Waals surface area contributed by atoms with Crippen molar-refractivity contribution < 1.29 is 28.3 Å². The van der Waals surface area contributed by atoms with E-state index in [0.717, 1.165) is 12.4 Å². The van der Waals surface area contributed by atoms with Gasteiger partial charge in [-0.25, -0.2) is 19.2 Å². The molecule has 0 atom stereocenters. The van der Waals surface area contributed by atoms with Crippen LogP contribution in [0.1, 0.15) is 40.4 Å². The molecule has 3 amide bonds. The van der Waals surface area contributed by atoms with Crippen LogP contribution in [0.25, 0.3) is 11.4 Å². The number of methoxy groups -OCH3 is 1. The number of carbonyl (C=O) groups excluding carboxylic acids is 4. The third kappa shape index (κ3) is 4.62. The molecule has 5 rings (SSSR count). The number of Topliss-reactive ketones (excluding diaryl/α,β-unsaturated/α-hetero) is 2. The van der Waals surface area contributed by atoms with Crippen molar-refractivity contribution in [2.75, 3.05) is 20.2 Å². The molecule has 0 radical (unpaired) electrons. The molecule has 1 saturated heterocycles. The van der Waals surface area contributed by atoms with Crippen LogP contribution in [0.15, 0.2) is 48.9 Å². The Morgan fingerprint density at radius 2 is 1.76 bits per heavy atom. The predicted octanol–water partition coefficient (Wildman–Crippen LogP) is 2.86. The Balaban J connectivity index is 1.29. The van der Waals surface area contributed by atoms with Gasteiger partial charge in [0.25, 0.3) is 5.91 Å². The number of amides is 3. The zero-order valence-corrected chi connectivity index (χ0v) is 20.7. The normalized spacial score (nSPS) is 16.8. The largest absolute Gasteiger partial charge is 0.496 e. The van der Waals surface area contributed by atoms with Gasteiger partial charge in [-0.1, -0.05) is 6.07 Å². The highest BCUT2D eigenvalue weighted by Gasteiger charge is 2.54. The number of urea groups is 1. The van der Waals surface area contributed by atoms with Gasteiger partial charge in [0.15, 0.2) is 11.6 Å². The molecule has 38 heavy (non-hydrogen) atoms. The Bertz CT molecular complexity index is 1420. The van der Waals surface area contributed by atoms with Gasteiger partial charge in [-0.3, -0.25) is 24.7 Å². The zero-order valence-electron chi connectivity index (χ0n) is 20.7. The molecule has 3 aromatic rings. The Kier molecular flexibility index (Phi) is 6.43. The summed E-state index contributed by atoms with van der Waals surface area (Å²) in [5.41, 5.74) is 1.16. The fraction of sp³-hybridized carbons (Fsp3) is 0.296. The molecule has 2 aromatic heterocycles. The first-order valence-corrected chi connectivity index (χ1v) is 11.9. The van der Waals surface area contributed by atoms with Crippen molar-refractivity contribution in [3.05, 3.63) is 71.6 Å². The van der Waals surface area contributed by atoms with E-state index in [2.05, 4.69) is 20.3 Å². The van der Waals surface area contributed by atoms with Crippen molar-refractivity contribution in [2.24, 2.45) is 5.41 Å². The fourth-order valence-corrected chi connectivity index (χ4v) is 5.27. The minimum Gasteiger partial charge on any atom is -0.496 e. The minimum absolute atomic E-state index is 0.114. The van der Waals surface area contributed by atoms with Crippen molar-refractivity contribution in [1.82, 2.24) is 25.2 Å². The molecular formula is C27H24FN5O5. The second-order valence-corrected chi connectivity index (χ2v) is 9.68. The molecule has 2 aliphatic rings. The third-order valence-corrected chi connectivity index (χ3v) is 6.94. The van der Waals surface area contributed by atoms with Crippen LogP contribution < -0.4 is 10.1 Å². The van der Waals surface area contributed by atoms with Crippen LogP contribution in [0.3, 0.4) is 0 Å². The van der Waals surface area contributed by atoms with Gasteiger partial charge < -0.3 is 9.64 Å². The maximum atomic E-state index is 13.3. The molecule has 11 heteroatoms. The highest BCUT2D eigenvalue weighted by molar-refractivity contribution is 6.11. The number of hydrogen-bond donors (Lipinski definition) is 1. The summed E-state index contributed by atoms with van der Waals surface area (Å²) in [4.78, 5) is 64.8. The second-order valence-electron chi connectivity index (χ2n) is 9.68. The van der Waals surface area contributed by atoms with Crippen molar-refractivity contribution in [3.63, 3.8) is 0 Å². The van der Waals surface area contributed by atoms with Crippen LogP contribution in [0.2, 0.25) is 0 Å². The lowest BCUT2D eigenvalue weighted by Gasteiger charge is -2.52. The Morgan fingerprint density at radius 3 is 2.37 bits per heavy atom. The van der Waals surface area contributed by atoms with E-state index in [-0.39, 0.29) is 49.0 Å². The molecule has 0 unspecified atom stereocenters. The molecular weight excluding hydrogens is 493 g/mol. The number of pyridine rings is 1. The topological polar surface area (TPSA) is 131 Å². The van der Waals surface area contributed by atoms with Gasteiger partial charge in [0.05, 0.1) is 19.5 Å². The quantitative estimate of drug-likeness (QED) is 0.523. The SMILES string of the molecule is COc1cc(-c2ncc(F)cn2)cc(C)c1C1C(=O)CC2(CC1=O)CN(C(=O)NC(=O)c1ccccn1)C2. The van der Waals surface area contributed by atoms with Crippen LogP contribution >= 0.6 is 0 Å². The van der Waals surface area contributed by atoms with Gasteiger partial charge in [-0.2, -0.15) is 0 Å². The zero-order chi connectivity index (χ0) is 27.0. The van der Waals surface area contributed by atoms with Crippen LogP contribution in [0.5, 0.6) is 5.75 Å². The number of benzene rings is 1. The average molecular weight is 518 g/mol. The summed E-state index contributed by atoms with van der Waals surface area (Å²) >= 11 is 0. The summed E-state index contributed by atoms with van der Waals surface area (Å²) < 4.78 is 18.8. The maximum Gasteiger partial charge on any atom is 0.324 e. The number of hydrogen-bond acceptors (Lipinski definition) is 8. The number of nitrogens with zero attached hydrogens (tertiary/aromatic N) is 4. The number of halogens is 1. The maximum absolute atomic E-state index is 13.3. The molecule has 1 aliphatic heterocycles.